The lowest BCUT2D eigenvalue weighted by atomic mass is 9.66. The summed E-state index contributed by atoms with van der Waals surface area (Å²) in [5.41, 5.74) is 1.11. The number of benzene rings is 1. The number of ether oxygens (including phenoxy) is 1. The molecule has 108 valence electrons. The van der Waals surface area contributed by atoms with Gasteiger partial charge in [0, 0.05) is 25.4 Å². The second kappa shape index (κ2) is 5.66. The molecule has 3 atom stereocenters. The minimum atomic E-state index is -0.236. The number of rotatable bonds is 4. The number of hydrogen-bond acceptors (Lipinski definition) is 3. The quantitative estimate of drug-likeness (QED) is 0.914. The van der Waals surface area contributed by atoms with Gasteiger partial charge in [-0.1, -0.05) is 37.3 Å². The Morgan fingerprint density at radius 1 is 1.35 bits per heavy atom. The first-order chi connectivity index (χ1) is 9.76. The number of hydrogen-bond donors (Lipinski definition) is 1. The van der Waals surface area contributed by atoms with Gasteiger partial charge in [0.25, 0.3) is 0 Å². The maximum atomic E-state index is 12.3. The van der Waals surface area contributed by atoms with Gasteiger partial charge < -0.3 is 10.1 Å². The van der Waals surface area contributed by atoms with Crippen LogP contribution in [0.2, 0.25) is 0 Å². The van der Waals surface area contributed by atoms with Gasteiger partial charge in [0.05, 0.1) is 18.1 Å². The van der Waals surface area contributed by atoms with Crippen molar-refractivity contribution >= 4 is 5.78 Å². The van der Waals surface area contributed by atoms with Gasteiger partial charge in [-0.05, 0) is 18.4 Å². The lowest BCUT2D eigenvalue weighted by molar-refractivity contribution is -0.233. The van der Waals surface area contributed by atoms with Crippen LogP contribution in [0.25, 0.3) is 0 Å². The van der Waals surface area contributed by atoms with Crippen LogP contribution in [-0.2, 0) is 16.0 Å². The molecular formula is C17H23NO2. The number of ketones is 1. The summed E-state index contributed by atoms with van der Waals surface area (Å²) in [5, 5.41) is 3.36. The first-order valence-electron chi connectivity index (χ1n) is 7.67. The molecule has 0 spiro atoms. The Morgan fingerprint density at radius 3 is 2.75 bits per heavy atom. The zero-order chi connectivity index (χ0) is 14.0. The van der Waals surface area contributed by atoms with Crippen molar-refractivity contribution in [3.05, 3.63) is 35.9 Å². The fourth-order valence-corrected chi connectivity index (χ4v) is 3.76. The highest BCUT2D eigenvalue weighted by Gasteiger charge is 2.54. The van der Waals surface area contributed by atoms with E-state index in [-0.39, 0.29) is 11.5 Å². The van der Waals surface area contributed by atoms with E-state index in [0.29, 0.717) is 18.1 Å². The Kier molecular flexibility index (Phi) is 3.90. The third-order valence-electron chi connectivity index (χ3n) is 5.00. The molecule has 0 aromatic heterocycles. The van der Waals surface area contributed by atoms with E-state index < -0.39 is 0 Å². The molecule has 1 aromatic carbocycles. The Hall–Kier alpha value is -1.19. The lowest BCUT2D eigenvalue weighted by Crippen LogP contribution is -2.64. The van der Waals surface area contributed by atoms with Crippen LogP contribution in [0.1, 0.15) is 25.3 Å². The molecule has 0 bridgehead atoms. The predicted molar refractivity (Wildman–Crippen MR) is 78.6 cm³/mol. The van der Waals surface area contributed by atoms with Crippen LogP contribution in [0.4, 0.5) is 0 Å². The standard InChI is InChI=1S/C17H23NO2/c1-2-17(15-11-18-9-8-16(15)19)14(12-20-17)10-13-6-4-3-5-7-13/h3-7,14-15,18H,2,8-12H2,1H3. The average molecular weight is 273 g/mol. The third kappa shape index (κ3) is 2.29. The number of carbonyl (C=O) groups is 1. The molecule has 0 saturated carbocycles. The van der Waals surface area contributed by atoms with Crippen molar-refractivity contribution < 1.29 is 9.53 Å². The summed E-state index contributed by atoms with van der Waals surface area (Å²) in [5.74, 6) is 0.871. The fourth-order valence-electron chi connectivity index (χ4n) is 3.76. The molecule has 3 rings (SSSR count). The fraction of sp³-hybridized carbons (Fsp3) is 0.588. The monoisotopic (exact) mass is 273 g/mol. The molecule has 2 fully saturated rings. The summed E-state index contributed by atoms with van der Waals surface area (Å²) in [7, 11) is 0. The molecule has 1 aromatic rings. The van der Waals surface area contributed by atoms with E-state index in [1.54, 1.807) is 0 Å². The van der Waals surface area contributed by atoms with E-state index in [1.165, 1.54) is 5.56 Å². The molecule has 2 saturated heterocycles. The highest BCUT2D eigenvalue weighted by atomic mass is 16.5. The third-order valence-corrected chi connectivity index (χ3v) is 5.00. The second-order valence-electron chi connectivity index (χ2n) is 5.98. The van der Waals surface area contributed by atoms with Gasteiger partial charge in [0.2, 0.25) is 0 Å². The molecule has 2 aliphatic heterocycles. The van der Waals surface area contributed by atoms with Crippen LogP contribution in [0, 0.1) is 11.8 Å². The molecule has 2 aliphatic rings. The Labute approximate surface area is 120 Å². The van der Waals surface area contributed by atoms with E-state index in [4.69, 9.17) is 4.74 Å². The number of Topliss-reactive ketones (excluding diaryl/α,β-unsaturated/α-hetero) is 1. The highest BCUT2D eigenvalue weighted by Crippen LogP contribution is 2.45. The molecular weight excluding hydrogens is 250 g/mol. The Balaban J connectivity index is 1.77. The van der Waals surface area contributed by atoms with Gasteiger partial charge in [-0.2, -0.15) is 0 Å². The summed E-state index contributed by atoms with van der Waals surface area (Å²) in [4.78, 5) is 12.3. The van der Waals surface area contributed by atoms with Gasteiger partial charge in [-0.15, -0.1) is 0 Å². The minimum absolute atomic E-state index is 0.0312. The van der Waals surface area contributed by atoms with Crippen LogP contribution < -0.4 is 5.32 Å². The van der Waals surface area contributed by atoms with Crippen LogP contribution in [0.3, 0.4) is 0 Å². The molecule has 3 heteroatoms. The smallest absolute Gasteiger partial charge is 0.141 e. The maximum absolute atomic E-state index is 12.3. The number of nitrogens with one attached hydrogen (secondary N) is 1. The molecule has 2 heterocycles. The van der Waals surface area contributed by atoms with Crippen LogP contribution in [-0.4, -0.2) is 31.1 Å². The minimum Gasteiger partial charge on any atom is -0.373 e. The van der Waals surface area contributed by atoms with Gasteiger partial charge in [0.15, 0.2) is 0 Å². The number of carbonyl (C=O) groups excluding carboxylic acids is 1. The molecule has 20 heavy (non-hydrogen) atoms. The topological polar surface area (TPSA) is 38.3 Å². The lowest BCUT2D eigenvalue weighted by Gasteiger charge is -2.54. The molecule has 3 unspecified atom stereocenters. The van der Waals surface area contributed by atoms with Crippen LogP contribution in [0.15, 0.2) is 30.3 Å². The van der Waals surface area contributed by atoms with Crippen LogP contribution >= 0.6 is 0 Å². The van der Waals surface area contributed by atoms with Crippen molar-refractivity contribution in [1.82, 2.24) is 5.32 Å². The highest BCUT2D eigenvalue weighted by molar-refractivity contribution is 5.83. The van der Waals surface area contributed by atoms with E-state index in [9.17, 15) is 4.79 Å². The molecule has 0 amide bonds. The van der Waals surface area contributed by atoms with Crippen molar-refractivity contribution in [3.8, 4) is 0 Å². The van der Waals surface area contributed by atoms with E-state index >= 15 is 0 Å². The first-order valence-corrected chi connectivity index (χ1v) is 7.67. The van der Waals surface area contributed by atoms with E-state index in [0.717, 1.165) is 32.5 Å². The summed E-state index contributed by atoms with van der Waals surface area (Å²) in [6.45, 7) is 4.53. The van der Waals surface area contributed by atoms with Crippen molar-refractivity contribution in [2.75, 3.05) is 19.7 Å². The van der Waals surface area contributed by atoms with Gasteiger partial charge >= 0.3 is 0 Å². The summed E-state index contributed by atoms with van der Waals surface area (Å²) >= 11 is 0. The first kappa shape index (κ1) is 13.8. The Morgan fingerprint density at radius 2 is 2.15 bits per heavy atom. The molecule has 0 radical (unpaired) electrons. The predicted octanol–water partition coefficient (Wildman–Crippen LogP) is 2.20. The van der Waals surface area contributed by atoms with Crippen molar-refractivity contribution in [2.24, 2.45) is 11.8 Å². The van der Waals surface area contributed by atoms with Crippen molar-refractivity contribution in [2.45, 2.75) is 31.8 Å². The molecule has 0 aliphatic carbocycles. The average Bonchev–Trinajstić information content (AvgIpc) is 2.48. The zero-order valence-electron chi connectivity index (χ0n) is 12.1. The van der Waals surface area contributed by atoms with E-state index in [1.807, 2.05) is 6.07 Å². The van der Waals surface area contributed by atoms with Crippen LogP contribution in [0.5, 0.6) is 0 Å². The van der Waals surface area contributed by atoms with Gasteiger partial charge in [-0.3, -0.25) is 4.79 Å². The van der Waals surface area contributed by atoms with Crippen molar-refractivity contribution in [3.63, 3.8) is 0 Å². The van der Waals surface area contributed by atoms with E-state index in [2.05, 4.69) is 36.5 Å². The second-order valence-corrected chi connectivity index (χ2v) is 5.98. The summed E-state index contributed by atoms with van der Waals surface area (Å²) in [6, 6.07) is 10.5. The summed E-state index contributed by atoms with van der Waals surface area (Å²) in [6.07, 6.45) is 2.58. The molecule has 3 nitrogen and oxygen atoms in total. The molecule has 1 N–H and O–H groups in total. The maximum Gasteiger partial charge on any atom is 0.141 e. The largest absolute Gasteiger partial charge is 0.373 e. The Bertz CT molecular complexity index is 469. The van der Waals surface area contributed by atoms with Crippen molar-refractivity contribution in [1.29, 1.82) is 0 Å². The SMILES string of the molecule is CCC1(C2CNCCC2=O)OCC1Cc1ccccc1. The summed E-state index contributed by atoms with van der Waals surface area (Å²) < 4.78 is 6.00. The van der Waals surface area contributed by atoms with Gasteiger partial charge in [0.1, 0.15) is 5.78 Å². The van der Waals surface area contributed by atoms with Gasteiger partial charge in [-0.25, -0.2) is 0 Å². The zero-order valence-corrected chi connectivity index (χ0v) is 12.1. The number of piperidine rings is 1. The normalized spacial score (nSPS) is 33.8.